The Kier molecular flexibility index (Phi) is 6.24. The van der Waals surface area contributed by atoms with Crippen molar-refractivity contribution in [3.05, 3.63) is 42.0 Å². The largest absolute Gasteiger partial charge is 0.506 e. The maximum Gasteiger partial charge on any atom is 0.138 e. The second-order valence-electron chi connectivity index (χ2n) is 3.33. The first-order valence-electron chi connectivity index (χ1n) is 4.79. The Hall–Kier alpha value is -1.50. The Morgan fingerprint density at radius 2 is 2.25 bits per heavy atom. The summed E-state index contributed by atoms with van der Waals surface area (Å²) < 4.78 is 0. The number of nitrogens with zero attached hydrogens (tertiary/aromatic N) is 1. The molecule has 0 radical (unpaired) electrons. The standard InChI is InChI=1S/C12H14N2O.ClH/c1-2-3-7-11(14)10-6-4-5-9(8-13)12(10)15;/h2,4-6,11,15H,1,3,7,14H2;1H/t11-;/m1./s1. The number of phenolic OH excluding ortho intramolecular Hbond substituents is 1. The van der Waals surface area contributed by atoms with E-state index >= 15 is 0 Å². The van der Waals surface area contributed by atoms with E-state index in [9.17, 15) is 5.11 Å². The van der Waals surface area contributed by atoms with Crippen LogP contribution in [0.3, 0.4) is 0 Å². The minimum atomic E-state index is -0.253. The van der Waals surface area contributed by atoms with Gasteiger partial charge in [-0.1, -0.05) is 18.2 Å². The number of hydrogen-bond donors (Lipinski definition) is 2. The van der Waals surface area contributed by atoms with Crippen molar-refractivity contribution in [2.75, 3.05) is 0 Å². The molecule has 0 amide bonds. The molecule has 1 aromatic carbocycles. The van der Waals surface area contributed by atoms with Gasteiger partial charge in [-0.2, -0.15) is 5.26 Å². The van der Waals surface area contributed by atoms with E-state index in [1.807, 2.05) is 6.07 Å². The number of para-hydroxylation sites is 1. The molecule has 1 atom stereocenters. The fraction of sp³-hybridized carbons (Fsp3) is 0.250. The van der Waals surface area contributed by atoms with E-state index in [2.05, 4.69) is 6.58 Å². The van der Waals surface area contributed by atoms with E-state index < -0.39 is 0 Å². The van der Waals surface area contributed by atoms with Crippen molar-refractivity contribution in [3.63, 3.8) is 0 Å². The number of halogens is 1. The molecule has 86 valence electrons. The van der Waals surface area contributed by atoms with E-state index in [0.29, 0.717) is 12.0 Å². The Morgan fingerprint density at radius 3 is 2.81 bits per heavy atom. The van der Waals surface area contributed by atoms with E-state index in [0.717, 1.165) is 6.42 Å². The molecule has 0 aromatic heterocycles. The molecule has 0 aliphatic rings. The van der Waals surface area contributed by atoms with Crippen LogP contribution >= 0.6 is 12.4 Å². The van der Waals surface area contributed by atoms with E-state index in [1.54, 1.807) is 24.3 Å². The number of rotatable bonds is 4. The van der Waals surface area contributed by atoms with Crippen LogP contribution in [0.25, 0.3) is 0 Å². The fourth-order valence-electron chi connectivity index (χ4n) is 1.40. The van der Waals surface area contributed by atoms with Crippen molar-refractivity contribution in [3.8, 4) is 11.8 Å². The van der Waals surface area contributed by atoms with Gasteiger partial charge in [-0.3, -0.25) is 0 Å². The van der Waals surface area contributed by atoms with Crippen LogP contribution in [-0.2, 0) is 0 Å². The number of hydrogen-bond acceptors (Lipinski definition) is 3. The topological polar surface area (TPSA) is 70.0 Å². The third kappa shape index (κ3) is 3.27. The predicted octanol–water partition coefficient (Wildman–Crippen LogP) is 2.65. The summed E-state index contributed by atoms with van der Waals surface area (Å²) in [5, 5.41) is 18.5. The summed E-state index contributed by atoms with van der Waals surface area (Å²) in [6.07, 6.45) is 3.29. The summed E-state index contributed by atoms with van der Waals surface area (Å²) in [5.74, 6) is -0.00318. The first kappa shape index (κ1) is 14.5. The van der Waals surface area contributed by atoms with Crippen LogP contribution in [-0.4, -0.2) is 5.11 Å². The molecule has 0 fully saturated rings. The summed E-state index contributed by atoms with van der Waals surface area (Å²) in [7, 11) is 0. The lowest BCUT2D eigenvalue weighted by Crippen LogP contribution is -2.10. The van der Waals surface area contributed by atoms with Crippen LogP contribution in [0.1, 0.15) is 30.0 Å². The van der Waals surface area contributed by atoms with E-state index in [1.165, 1.54) is 0 Å². The highest BCUT2D eigenvalue weighted by Gasteiger charge is 2.12. The summed E-state index contributed by atoms with van der Waals surface area (Å²) in [6.45, 7) is 3.61. The molecular weight excluding hydrogens is 224 g/mol. The maximum absolute atomic E-state index is 9.73. The van der Waals surface area contributed by atoms with Crippen molar-refractivity contribution in [1.82, 2.24) is 0 Å². The zero-order valence-electron chi connectivity index (χ0n) is 8.89. The highest BCUT2D eigenvalue weighted by atomic mass is 35.5. The van der Waals surface area contributed by atoms with E-state index in [4.69, 9.17) is 11.0 Å². The molecule has 0 saturated carbocycles. The lowest BCUT2D eigenvalue weighted by atomic mass is 9.99. The smallest absolute Gasteiger partial charge is 0.138 e. The van der Waals surface area contributed by atoms with Gasteiger partial charge in [-0.05, 0) is 18.9 Å². The molecule has 16 heavy (non-hydrogen) atoms. The van der Waals surface area contributed by atoms with Crippen molar-refractivity contribution in [2.45, 2.75) is 18.9 Å². The number of aromatic hydroxyl groups is 1. The van der Waals surface area contributed by atoms with Gasteiger partial charge in [0.15, 0.2) is 0 Å². The van der Waals surface area contributed by atoms with Crippen LogP contribution in [0.4, 0.5) is 0 Å². The molecule has 0 aliphatic heterocycles. The Balaban J connectivity index is 0.00000225. The molecule has 0 aliphatic carbocycles. The van der Waals surface area contributed by atoms with Gasteiger partial charge in [0.05, 0.1) is 5.56 Å². The van der Waals surface area contributed by atoms with Crippen LogP contribution in [0, 0.1) is 11.3 Å². The molecule has 4 heteroatoms. The SMILES string of the molecule is C=CCC[C@@H](N)c1cccc(C#N)c1O.Cl. The first-order valence-corrected chi connectivity index (χ1v) is 4.79. The average molecular weight is 239 g/mol. The van der Waals surface area contributed by atoms with Crippen LogP contribution in [0.15, 0.2) is 30.9 Å². The maximum atomic E-state index is 9.73. The van der Waals surface area contributed by atoms with E-state index in [-0.39, 0.29) is 29.8 Å². The van der Waals surface area contributed by atoms with Gasteiger partial charge in [0.2, 0.25) is 0 Å². The number of allylic oxidation sites excluding steroid dienone is 1. The van der Waals surface area contributed by atoms with Crippen molar-refractivity contribution < 1.29 is 5.11 Å². The number of benzene rings is 1. The monoisotopic (exact) mass is 238 g/mol. The third-order valence-electron chi connectivity index (χ3n) is 2.27. The normalized spacial score (nSPS) is 11.0. The van der Waals surface area contributed by atoms with Crippen molar-refractivity contribution in [2.24, 2.45) is 5.73 Å². The third-order valence-corrected chi connectivity index (χ3v) is 2.27. The van der Waals surface area contributed by atoms with Crippen LogP contribution in [0.5, 0.6) is 5.75 Å². The second kappa shape index (κ2) is 6.89. The predicted molar refractivity (Wildman–Crippen MR) is 66.4 cm³/mol. The molecule has 0 bridgehead atoms. The van der Waals surface area contributed by atoms with Gasteiger partial charge >= 0.3 is 0 Å². The summed E-state index contributed by atoms with van der Waals surface area (Å²) in [4.78, 5) is 0. The molecule has 1 aromatic rings. The van der Waals surface area contributed by atoms with Gasteiger partial charge in [0, 0.05) is 11.6 Å². The zero-order valence-corrected chi connectivity index (χ0v) is 9.70. The van der Waals surface area contributed by atoms with Gasteiger partial charge in [0.1, 0.15) is 11.8 Å². The lowest BCUT2D eigenvalue weighted by molar-refractivity contribution is 0.457. The summed E-state index contributed by atoms with van der Waals surface area (Å²) in [5.41, 5.74) is 6.77. The molecule has 0 unspecified atom stereocenters. The quantitative estimate of drug-likeness (QED) is 0.793. The molecule has 3 nitrogen and oxygen atoms in total. The highest BCUT2D eigenvalue weighted by Crippen LogP contribution is 2.28. The second-order valence-corrected chi connectivity index (χ2v) is 3.33. The molecule has 0 spiro atoms. The number of nitrogens with two attached hydrogens (primary N) is 1. The van der Waals surface area contributed by atoms with Gasteiger partial charge in [-0.25, -0.2) is 0 Å². The Morgan fingerprint density at radius 1 is 1.56 bits per heavy atom. The fourth-order valence-corrected chi connectivity index (χ4v) is 1.40. The molecule has 0 heterocycles. The molecular formula is C12H15ClN2O. The highest BCUT2D eigenvalue weighted by molar-refractivity contribution is 5.85. The Bertz CT molecular complexity index is 398. The van der Waals surface area contributed by atoms with Crippen LogP contribution < -0.4 is 5.73 Å². The lowest BCUT2D eigenvalue weighted by Gasteiger charge is -2.12. The number of nitriles is 1. The van der Waals surface area contributed by atoms with Gasteiger partial charge < -0.3 is 10.8 Å². The molecule has 1 rings (SSSR count). The van der Waals surface area contributed by atoms with Gasteiger partial charge in [0.25, 0.3) is 0 Å². The molecule has 0 saturated heterocycles. The van der Waals surface area contributed by atoms with Gasteiger partial charge in [-0.15, -0.1) is 19.0 Å². The average Bonchev–Trinajstić information content (AvgIpc) is 2.26. The summed E-state index contributed by atoms with van der Waals surface area (Å²) in [6, 6.07) is 6.70. The molecule has 3 N–H and O–H groups in total. The van der Waals surface area contributed by atoms with Crippen LogP contribution in [0.2, 0.25) is 0 Å². The minimum Gasteiger partial charge on any atom is -0.506 e. The minimum absolute atomic E-state index is 0. The number of phenols is 1. The zero-order chi connectivity index (χ0) is 11.3. The van der Waals surface area contributed by atoms with Crippen molar-refractivity contribution in [1.29, 1.82) is 5.26 Å². The summed E-state index contributed by atoms with van der Waals surface area (Å²) >= 11 is 0. The first-order chi connectivity index (χ1) is 7.20. The Labute approximate surface area is 102 Å². The van der Waals surface area contributed by atoms with Crippen molar-refractivity contribution >= 4 is 12.4 Å².